The zero-order valence-electron chi connectivity index (χ0n) is 14.9. The molecule has 27 heavy (non-hydrogen) atoms. The van der Waals surface area contributed by atoms with Crippen LogP contribution in [-0.4, -0.2) is 21.8 Å². The molecule has 140 valence electrons. The van der Waals surface area contributed by atoms with Crippen molar-refractivity contribution in [2.24, 2.45) is 5.92 Å². The predicted octanol–water partition coefficient (Wildman–Crippen LogP) is 4.37. The first-order chi connectivity index (χ1) is 13.1. The van der Waals surface area contributed by atoms with Gasteiger partial charge in [0.1, 0.15) is 0 Å². The molecule has 3 aromatic rings. The second kappa shape index (κ2) is 7.74. The number of anilines is 2. The number of carbonyl (C=O) groups is 2. The normalized spacial score (nSPS) is 14.6. The molecule has 2 heterocycles. The zero-order valence-corrected chi connectivity index (χ0v) is 16.6. The molecule has 0 spiro atoms. The summed E-state index contributed by atoms with van der Waals surface area (Å²) >= 11 is 2.99. The predicted molar refractivity (Wildman–Crippen MR) is 109 cm³/mol. The Hall–Kier alpha value is -2.32. The molecular weight excluding hydrogens is 380 g/mol. The molecule has 6 nitrogen and oxygen atoms in total. The molecule has 0 bridgehead atoms. The van der Waals surface area contributed by atoms with Crippen LogP contribution >= 0.6 is 22.7 Å². The average Bonchev–Trinajstić information content (AvgIpc) is 3.34. The van der Waals surface area contributed by atoms with Gasteiger partial charge >= 0.3 is 0 Å². The number of carbonyl (C=O) groups excluding carboxylic acids is 2. The molecule has 1 aliphatic carbocycles. The number of nitrogens with zero attached hydrogens (tertiary/aromatic N) is 2. The van der Waals surface area contributed by atoms with E-state index < -0.39 is 0 Å². The van der Waals surface area contributed by atoms with Crippen molar-refractivity contribution in [3.63, 3.8) is 0 Å². The molecule has 1 saturated carbocycles. The molecular formula is C19H20N4O2S2. The number of nitrogens with one attached hydrogen (secondary N) is 2. The van der Waals surface area contributed by atoms with E-state index in [2.05, 4.69) is 20.6 Å². The first-order valence-corrected chi connectivity index (χ1v) is 10.7. The van der Waals surface area contributed by atoms with E-state index >= 15 is 0 Å². The van der Waals surface area contributed by atoms with E-state index in [9.17, 15) is 9.59 Å². The van der Waals surface area contributed by atoms with Crippen LogP contribution in [0, 0.1) is 12.8 Å². The lowest BCUT2D eigenvalue weighted by Gasteiger charge is -2.07. The number of aromatic nitrogens is 2. The van der Waals surface area contributed by atoms with Gasteiger partial charge in [0, 0.05) is 17.0 Å². The fourth-order valence-corrected chi connectivity index (χ4v) is 4.85. The lowest BCUT2D eigenvalue weighted by atomic mass is 10.1. The third kappa shape index (κ3) is 4.33. The molecule has 4 rings (SSSR count). The van der Waals surface area contributed by atoms with Crippen LogP contribution < -0.4 is 10.6 Å². The van der Waals surface area contributed by atoms with E-state index in [0.717, 1.165) is 46.6 Å². The lowest BCUT2D eigenvalue weighted by molar-refractivity contribution is -0.119. The Labute approximate surface area is 165 Å². The van der Waals surface area contributed by atoms with E-state index in [1.165, 1.54) is 11.3 Å². The minimum absolute atomic E-state index is 0.0460. The Morgan fingerprint density at radius 2 is 2.00 bits per heavy atom. The van der Waals surface area contributed by atoms with Gasteiger partial charge in [0.05, 0.1) is 27.3 Å². The number of hydrogen-bond donors (Lipinski definition) is 2. The Bertz CT molecular complexity index is 989. The molecule has 2 aromatic heterocycles. The third-order valence-electron chi connectivity index (χ3n) is 4.63. The summed E-state index contributed by atoms with van der Waals surface area (Å²) in [7, 11) is 0. The summed E-state index contributed by atoms with van der Waals surface area (Å²) < 4.78 is 1.10. The van der Waals surface area contributed by atoms with Gasteiger partial charge in [0.25, 0.3) is 0 Å². The fourth-order valence-electron chi connectivity index (χ4n) is 3.33. The number of rotatable bonds is 5. The van der Waals surface area contributed by atoms with E-state index in [1.54, 1.807) is 11.3 Å². The highest BCUT2D eigenvalue weighted by Crippen LogP contribution is 2.27. The van der Waals surface area contributed by atoms with Gasteiger partial charge in [0.15, 0.2) is 5.13 Å². The summed E-state index contributed by atoms with van der Waals surface area (Å²) in [5, 5.41) is 9.15. The fraction of sp³-hybridized carbons (Fsp3) is 0.368. The van der Waals surface area contributed by atoms with Crippen molar-refractivity contribution in [2.75, 3.05) is 10.6 Å². The number of amides is 2. The van der Waals surface area contributed by atoms with Crippen LogP contribution in [0.3, 0.4) is 0 Å². The maximum Gasteiger partial charge on any atom is 0.230 e. The molecule has 0 atom stereocenters. The maximum atomic E-state index is 12.3. The summed E-state index contributed by atoms with van der Waals surface area (Å²) in [6.45, 7) is 1.97. The van der Waals surface area contributed by atoms with Crippen molar-refractivity contribution < 1.29 is 9.59 Å². The summed E-state index contributed by atoms with van der Waals surface area (Å²) in [4.78, 5) is 33.3. The molecule has 1 aromatic carbocycles. The number of benzene rings is 1. The van der Waals surface area contributed by atoms with Crippen molar-refractivity contribution in [3.05, 3.63) is 34.3 Å². The van der Waals surface area contributed by atoms with Crippen molar-refractivity contribution in [2.45, 2.75) is 39.0 Å². The van der Waals surface area contributed by atoms with Crippen molar-refractivity contribution in [1.82, 2.24) is 9.97 Å². The standard InChI is InChI=1S/C19H20N4O2S2/c1-11-20-15-8-13(6-7-16(15)27-11)21-17(24)9-14-10-26-19(22-14)23-18(25)12-4-2-3-5-12/h6-8,10,12H,2-5,9H2,1H3,(H,21,24)(H,22,23,25). The minimum atomic E-state index is -0.139. The van der Waals surface area contributed by atoms with Crippen LogP contribution in [0.5, 0.6) is 0 Å². The minimum Gasteiger partial charge on any atom is -0.326 e. The quantitative estimate of drug-likeness (QED) is 0.666. The summed E-state index contributed by atoms with van der Waals surface area (Å²) in [6, 6.07) is 5.73. The Kier molecular flexibility index (Phi) is 5.18. The van der Waals surface area contributed by atoms with Gasteiger partial charge in [-0.1, -0.05) is 12.8 Å². The summed E-state index contributed by atoms with van der Waals surface area (Å²) in [6.07, 6.45) is 4.32. The first-order valence-electron chi connectivity index (χ1n) is 8.99. The highest BCUT2D eigenvalue weighted by Gasteiger charge is 2.23. The Morgan fingerprint density at radius 3 is 2.81 bits per heavy atom. The first kappa shape index (κ1) is 18.1. The molecule has 0 aliphatic heterocycles. The molecule has 1 aliphatic rings. The SMILES string of the molecule is Cc1nc2cc(NC(=O)Cc3csc(NC(=O)C4CCCC4)n3)ccc2s1. The number of thiazole rings is 2. The van der Waals surface area contributed by atoms with Crippen LogP contribution in [-0.2, 0) is 16.0 Å². The van der Waals surface area contributed by atoms with E-state index in [-0.39, 0.29) is 24.2 Å². The van der Waals surface area contributed by atoms with Crippen LogP contribution in [0.1, 0.15) is 36.4 Å². The molecule has 0 radical (unpaired) electrons. The zero-order chi connectivity index (χ0) is 18.8. The van der Waals surface area contributed by atoms with E-state index in [1.807, 2.05) is 30.5 Å². The Balaban J connectivity index is 1.34. The summed E-state index contributed by atoms with van der Waals surface area (Å²) in [5.74, 6) is 0.00916. The maximum absolute atomic E-state index is 12.3. The Morgan fingerprint density at radius 1 is 1.19 bits per heavy atom. The van der Waals surface area contributed by atoms with Gasteiger partial charge in [-0.25, -0.2) is 9.97 Å². The number of fused-ring (bicyclic) bond motifs is 1. The van der Waals surface area contributed by atoms with Crippen molar-refractivity contribution in [1.29, 1.82) is 0 Å². The smallest absolute Gasteiger partial charge is 0.230 e. The van der Waals surface area contributed by atoms with E-state index in [0.29, 0.717) is 10.8 Å². The molecule has 2 amide bonds. The highest BCUT2D eigenvalue weighted by molar-refractivity contribution is 7.18. The number of aryl methyl sites for hydroxylation is 1. The van der Waals surface area contributed by atoms with Gasteiger partial charge < -0.3 is 10.6 Å². The molecule has 1 fully saturated rings. The number of hydrogen-bond acceptors (Lipinski definition) is 6. The largest absolute Gasteiger partial charge is 0.326 e. The molecule has 2 N–H and O–H groups in total. The second-order valence-electron chi connectivity index (χ2n) is 6.75. The van der Waals surface area contributed by atoms with Gasteiger partial charge in [0.2, 0.25) is 11.8 Å². The van der Waals surface area contributed by atoms with Crippen molar-refractivity contribution in [3.8, 4) is 0 Å². The van der Waals surface area contributed by atoms with Gasteiger partial charge in [-0.15, -0.1) is 22.7 Å². The molecule has 0 unspecified atom stereocenters. The van der Waals surface area contributed by atoms with Crippen LogP contribution in [0.4, 0.5) is 10.8 Å². The van der Waals surface area contributed by atoms with Crippen LogP contribution in [0.2, 0.25) is 0 Å². The van der Waals surface area contributed by atoms with Crippen LogP contribution in [0.25, 0.3) is 10.2 Å². The van der Waals surface area contributed by atoms with Gasteiger partial charge in [-0.05, 0) is 38.0 Å². The summed E-state index contributed by atoms with van der Waals surface area (Å²) in [5.41, 5.74) is 2.27. The third-order valence-corrected chi connectivity index (χ3v) is 6.39. The van der Waals surface area contributed by atoms with Gasteiger partial charge in [-0.3, -0.25) is 9.59 Å². The topological polar surface area (TPSA) is 84.0 Å². The lowest BCUT2D eigenvalue weighted by Crippen LogP contribution is -2.20. The van der Waals surface area contributed by atoms with Crippen molar-refractivity contribution >= 4 is 55.5 Å². The molecule has 0 saturated heterocycles. The van der Waals surface area contributed by atoms with Crippen LogP contribution in [0.15, 0.2) is 23.6 Å². The highest BCUT2D eigenvalue weighted by atomic mass is 32.1. The molecule has 8 heteroatoms. The monoisotopic (exact) mass is 400 g/mol. The van der Waals surface area contributed by atoms with Gasteiger partial charge in [-0.2, -0.15) is 0 Å². The average molecular weight is 401 g/mol. The second-order valence-corrected chi connectivity index (χ2v) is 8.85. The van der Waals surface area contributed by atoms with E-state index in [4.69, 9.17) is 0 Å².